The fraction of sp³-hybridized carbons (Fsp3) is 0.385. The van der Waals surface area contributed by atoms with Gasteiger partial charge in [0.1, 0.15) is 18.9 Å². The van der Waals surface area contributed by atoms with Crippen LogP contribution in [0.25, 0.3) is 0 Å². The molecule has 0 bridgehead atoms. The SMILES string of the molecule is COCc1ccccc1NCC(O)COc1cnsn1. The summed E-state index contributed by atoms with van der Waals surface area (Å²) in [5.74, 6) is 0.439. The standard InChI is InChI=1S/C13H17N3O3S/c1-18-8-10-4-2-3-5-12(10)14-6-11(17)9-19-13-7-15-20-16-13/h2-5,7,11,14,17H,6,8-9H2,1H3. The molecule has 1 heterocycles. The number of hydrogen-bond donors (Lipinski definition) is 2. The highest BCUT2D eigenvalue weighted by Crippen LogP contribution is 2.15. The normalized spacial score (nSPS) is 12.1. The van der Waals surface area contributed by atoms with E-state index in [-0.39, 0.29) is 6.61 Å². The minimum atomic E-state index is -0.632. The van der Waals surface area contributed by atoms with Crippen molar-refractivity contribution in [3.63, 3.8) is 0 Å². The number of hydrogen-bond acceptors (Lipinski definition) is 7. The van der Waals surface area contributed by atoms with E-state index in [1.165, 1.54) is 6.20 Å². The van der Waals surface area contributed by atoms with Gasteiger partial charge in [0.2, 0.25) is 5.88 Å². The number of methoxy groups -OCH3 is 1. The third-order valence-electron chi connectivity index (χ3n) is 2.61. The smallest absolute Gasteiger partial charge is 0.245 e. The summed E-state index contributed by atoms with van der Waals surface area (Å²) in [5.41, 5.74) is 2.00. The number of anilines is 1. The topological polar surface area (TPSA) is 76.5 Å². The maximum absolute atomic E-state index is 9.87. The van der Waals surface area contributed by atoms with E-state index in [1.807, 2.05) is 24.3 Å². The van der Waals surface area contributed by atoms with Gasteiger partial charge in [-0.1, -0.05) is 18.2 Å². The van der Waals surface area contributed by atoms with Crippen molar-refractivity contribution in [2.75, 3.05) is 25.6 Å². The highest BCUT2D eigenvalue weighted by atomic mass is 32.1. The van der Waals surface area contributed by atoms with E-state index in [2.05, 4.69) is 14.1 Å². The molecule has 0 saturated carbocycles. The lowest BCUT2D eigenvalue weighted by molar-refractivity contribution is 0.115. The molecule has 7 heteroatoms. The Morgan fingerprint density at radius 1 is 1.40 bits per heavy atom. The summed E-state index contributed by atoms with van der Waals surface area (Å²) in [6, 6.07) is 7.82. The first-order valence-corrected chi connectivity index (χ1v) is 6.91. The highest BCUT2D eigenvalue weighted by Gasteiger charge is 2.08. The Morgan fingerprint density at radius 3 is 3.00 bits per heavy atom. The average molecular weight is 295 g/mol. The van der Waals surface area contributed by atoms with Gasteiger partial charge in [-0.3, -0.25) is 0 Å². The largest absolute Gasteiger partial charge is 0.473 e. The lowest BCUT2D eigenvalue weighted by Crippen LogP contribution is -2.26. The summed E-state index contributed by atoms with van der Waals surface area (Å²) in [6.45, 7) is 1.09. The van der Waals surface area contributed by atoms with E-state index in [0.717, 1.165) is 23.0 Å². The van der Waals surface area contributed by atoms with Gasteiger partial charge >= 0.3 is 0 Å². The number of benzene rings is 1. The van der Waals surface area contributed by atoms with Gasteiger partial charge in [-0.15, -0.1) is 4.37 Å². The fourth-order valence-electron chi connectivity index (χ4n) is 1.66. The van der Waals surface area contributed by atoms with Gasteiger partial charge in [-0.05, 0) is 6.07 Å². The zero-order valence-corrected chi connectivity index (χ0v) is 12.0. The molecule has 1 atom stereocenters. The van der Waals surface area contributed by atoms with E-state index in [4.69, 9.17) is 9.47 Å². The lowest BCUT2D eigenvalue weighted by atomic mass is 10.2. The van der Waals surface area contributed by atoms with Crippen LogP contribution in [0.2, 0.25) is 0 Å². The lowest BCUT2D eigenvalue weighted by Gasteiger charge is -2.15. The zero-order chi connectivity index (χ0) is 14.2. The number of nitrogens with zero attached hydrogens (tertiary/aromatic N) is 2. The summed E-state index contributed by atoms with van der Waals surface area (Å²) >= 11 is 1.07. The van der Waals surface area contributed by atoms with Crippen molar-refractivity contribution in [1.82, 2.24) is 8.75 Å². The van der Waals surface area contributed by atoms with Gasteiger partial charge in [0.15, 0.2) is 0 Å². The van der Waals surface area contributed by atoms with E-state index in [1.54, 1.807) is 7.11 Å². The summed E-state index contributed by atoms with van der Waals surface area (Å²) in [6.07, 6.45) is 0.894. The molecule has 6 nitrogen and oxygen atoms in total. The van der Waals surface area contributed by atoms with Crippen LogP contribution < -0.4 is 10.1 Å². The molecule has 0 spiro atoms. The van der Waals surface area contributed by atoms with E-state index >= 15 is 0 Å². The molecular formula is C13H17N3O3S. The van der Waals surface area contributed by atoms with E-state index in [0.29, 0.717) is 19.0 Å². The van der Waals surface area contributed by atoms with Crippen LogP contribution in [0.1, 0.15) is 5.56 Å². The number of ether oxygens (including phenoxy) is 2. The Bertz CT molecular complexity index is 507. The van der Waals surface area contributed by atoms with Crippen LogP contribution >= 0.6 is 11.7 Å². The van der Waals surface area contributed by atoms with Gasteiger partial charge in [-0.25, -0.2) is 0 Å². The zero-order valence-electron chi connectivity index (χ0n) is 11.2. The number of nitrogens with one attached hydrogen (secondary N) is 1. The van der Waals surface area contributed by atoms with Crippen molar-refractivity contribution >= 4 is 17.4 Å². The molecule has 20 heavy (non-hydrogen) atoms. The van der Waals surface area contributed by atoms with E-state index < -0.39 is 6.10 Å². The number of aromatic nitrogens is 2. The molecule has 1 aromatic carbocycles. The Balaban J connectivity index is 1.79. The van der Waals surface area contributed by atoms with Crippen LogP contribution in [0, 0.1) is 0 Å². The number of para-hydroxylation sites is 1. The van der Waals surface area contributed by atoms with Gasteiger partial charge in [0, 0.05) is 24.9 Å². The second kappa shape index (κ2) is 7.78. The number of rotatable bonds is 8. The Hall–Kier alpha value is -1.70. The van der Waals surface area contributed by atoms with Gasteiger partial charge < -0.3 is 19.9 Å². The molecule has 2 N–H and O–H groups in total. The van der Waals surface area contributed by atoms with Crippen LogP contribution in [0.5, 0.6) is 5.88 Å². The van der Waals surface area contributed by atoms with Gasteiger partial charge in [0.25, 0.3) is 0 Å². The molecule has 0 saturated heterocycles. The molecule has 2 aromatic rings. The molecule has 0 radical (unpaired) electrons. The first-order chi connectivity index (χ1) is 9.79. The third kappa shape index (κ3) is 4.44. The first kappa shape index (κ1) is 14.7. The van der Waals surface area contributed by atoms with E-state index in [9.17, 15) is 5.11 Å². The molecule has 0 aliphatic heterocycles. The molecule has 0 amide bonds. The predicted octanol–water partition coefficient (Wildman–Crippen LogP) is 1.54. The van der Waals surface area contributed by atoms with Crippen molar-refractivity contribution in [2.45, 2.75) is 12.7 Å². The molecule has 108 valence electrons. The van der Waals surface area contributed by atoms with Crippen molar-refractivity contribution in [2.24, 2.45) is 0 Å². The van der Waals surface area contributed by atoms with Gasteiger partial charge in [0.05, 0.1) is 18.3 Å². The van der Waals surface area contributed by atoms with Crippen LogP contribution in [0.4, 0.5) is 5.69 Å². The minimum absolute atomic E-state index is 0.171. The maximum Gasteiger partial charge on any atom is 0.245 e. The second-order valence-electron chi connectivity index (χ2n) is 4.18. The summed E-state index contributed by atoms with van der Waals surface area (Å²) in [7, 11) is 1.65. The molecule has 2 rings (SSSR count). The molecule has 0 aliphatic rings. The van der Waals surface area contributed by atoms with Crippen LogP contribution in [-0.2, 0) is 11.3 Å². The molecular weight excluding hydrogens is 278 g/mol. The highest BCUT2D eigenvalue weighted by molar-refractivity contribution is 6.99. The number of aliphatic hydroxyl groups excluding tert-OH is 1. The summed E-state index contributed by atoms with van der Waals surface area (Å²) in [4.78, 5) is 0. The maximum atomic E-state index is 9.87. The fourth-order valence-corrected chi connectivity index (χ4v) is 2.03. The Morgan fingerprint density at radius 2 is 2.25 bits per heavy atom. The van der Waals surface area contributed by atoms with Crippen molar-refractivity contribution < 1.29 is 14.6 Å². The van der Waals surface area contributed by atoms with Crippen molar-refractivity contribution in [1.29, 1.82) is 0 Å². The molecule has 0 aliphatic carbocycles. The number of aliphatic hydroxyl groups is 1. The monoisotopic (exact) mass is 295 g/mol. The quantitative estimate of drug-likeness (QED) is 0.769. The van der Waals surface area contributed by atoms with Crippen LogP contribution in [0.3, 0.4) is 0 Å². The summed E-state index contributed by atoms with van der Waals surface area (Å²) < 4.78 is 18.2. The first-order valence-electron chi connectivity index (χ1n) is 6.18. The predicted molar refractivity (Wildman–Crippen MR) is 77.1 cm³/mol. The van der Waals surface area contributed by atoms with Gasteiger partial charge in [-0.2, -0.15) is 4.37 Å². The van der Waals surface area contributed by atoms with Crippen molar-refractivity contribution in [3.8, 4) is 5.88 Å². The summed E-state index contributed by atoms with van der Waals surface area (Å²) in [5, 5.41) is 13.1. The minimum Gasteiger partial charge on any atom is -0.473 e. The molecule has 1 unspecified atom stereocenters. The van der Waals surface area contributed by atoms with Crippen LogP contribution in [0.15, 0.2) is 30.5 Å². The average Bonchev–Trinajstić information content (AvgIpc) is 2.98. The second-order valence-corrected chi connectivity index (χ2v) is 4.74. The van der Waals surface area contributed by atoms with Crippen molar-refractivity contribution in [3.05, 3.63) is 36.0 Å². The Kier molecular flexibility index (Phi) is 5.72. The van der Waals surface area contributed by atoms with Crippen LogP contribution in [-0.4, -0.2) is 40.2 Å². The Labute approximate surface area is 121 Å². The third-order valence-corrected chi connectivity index (χ3v) is 3.07. The molecule has 0 fully saturated rings. The molecule has 1 aromatic heterocycles.